The molecule has 0 unspecified atom stereocenters. The number of nitrogens with zero attached hydrogens (tertiary/aromatic N) is 1. The fraction of sp³-hybridized carbons (Fsp3) is 0. The molecule has 3 nitrogen and oxygen atoms in total. The molecule has 0 aliphatic heterocycles. The molecule has 2 aromatic rings. The Labute approximate surface area is 121 Å². The standard InChI is InChI=1S/C13H12BrN3.ClH/c14-11-6-8-12(9-7-11)16-17-13(15)10-4-2-1-3-5-10;/h1-9,16H,(H2,15,17);1H. The van der Waals surface area contributed by atoms with Crippen LogP contribution in [0.5, 0.6) is 0 Å². The van der Waals surface area contributed by atoms with Gasteiger partial charge in [0.15, 0.2) is 5.84 Å². The monoisotopic (exact) mass is 325 g/mol. The molecule has 0 atom stereocenters. The van der Waals surface area contributed by atoms with Gasteiger partial charge in [-0.15, -0.1) is 12.4 Å². The zero-order valence-corrected chi connectivity index (χ0v) is 11.9. The summed E-state index contributed by atoms with van der Waals surface area (Å²) in [5.74, 6) is 0.466. The molecule has 2 aromatic carbocycles. The van der Waals surface area contributed by atoms with Crippen molar-refractivity contribution < 1.29 is 0 Å². The van der Waals surface area contributed by atoms with Crippen molar-refractivity contribution in [3.8, 4) is 0 Å². The van der Waals surface area contributed by atoms with Crippen LogP contribution < -0.4 is 11.2 Å². The summed E-state index contributed by atoms with van der Waals surface area (Å²) < 4.78 is 1.03. The summed E-state index contributed by atoms with van der Waals surface area (Å²) in [6.45, 7) is 0. The maximum Gasteiger partial charge on any atom is 0.150 e. The lowest BCUT2D eigenvalue weighted by molar-refractivity contribution is 1.31. The van der Waals surface area contributed by atoms with E-state index in [4.69, 9.17) is 5.73 Å². The predicted octanol–water partition coefficient (Wildman–Crippen LogP) is 3.60. The van der Waals surface area contributed by atoms with Gasteiger partial charge in [-0.05, 0) is 24.3 Å². The first-order chi connectivity index (χ1) is 8.25. The lowest BCUT2D eigenvalue weighted by Crippen LogP contribution is -2.15. The molecule has 0 aromatic heterocycles. The van der Waals surface area contributed by atoms with Gasteiger partial charge in [-0.2, -0.15) is 5.10 Å². The summed E-state index contributed by atoms with van der Waals surface area (Å²) in [5, 5.41) is 4.12. The summed E-state index contributed by atoms with van der Waals surface area (Å²) in [7, 11) is 0. The van der Waals surface area contributed by atoms with Crippen LogP contribution in [0.1, 0.15) is 5.56 Å². The van der Waals surface area contributed by atoms with Gasteiger partial charge in [-0.3, -0.25) is 5.43 Å². The fourth-order valence-electron chi connectivity index (χ4n) is 1.32. The molecule has 0 bridgehead atoms. The number of nitrogens with two attached hydrogens (primary N) is 1. The van der Waals surface area contributed by atoms with Crippen LogP contribution in [0.4, 0.5) is 5.69 Å². The molecule has 0 saturated carbocycles. The molecule has 0 fully saturated rings. The van der Waals surface area contributed by atoms with E-state index in [1.165, 1.54) is 0 Å². The Morgan fingerprint density at radius 3 is 2.22 bits per heavy atom. The first kappa shape index (κ1) is 14.5. The fourth-order valence-corrected chi connectivity index (χ4v) is 1.59. The highest BCUT2D eigenvalue weighted by atomic mass is 79.9. The van der Waals surface area contributed by atoms with Crippen molar-refractivity contribution in [2.24, 2.45) is 10.8 Å². The quantitative estimate of drug-likeness (QED) is 0.514. The van der Waals surface area contributed by atoms with E-state index in [9.17, 15) is 0 Å². The van der Waals surface area contributed by atoms with E-state index in [-0.39, 0.29) is 12.4 Å². The van der Waals surface area contributed by atoms with E-state index in [0.717, 1.165) is 15.7 Å². The highest BCUT2D eigenvalue weighted by Crippen LogP contribution is 2.14. The van der Waals surface area contributed by atoms with Crippen LogP contribution in [0.3, 0.4) is 0 Å². The minimum atomic E-state index is 0. The summed E-state index contributed by atoms with van der Waals surface area (Å²) >= 11 is 3.37. The molecule has 0 aliphatic carbocycles. The van der Waals surface area contributed by atoms with Gasteiger partial charge in [-0.25, -0.2) is 0 Å². The number of hydrogen-bond donors (Lipinski definition) is 2. The second-order valence-corrected chi connectivity index (χ2v) is 4.40. The summed E-state index contributed by atoms with van der Waals surface area (Å²) in [6.07, 6.45) is 0. The van der Waals surface area contributed by atoms with Crippen LogP contribution in [0.2, 0.25) is 0 Å². The van der Waals surface area contributed by atoms with Gasteiger partial charge in [0.2, 0.25) is 0 Å². The summed E-state index contributed by atoms with van der Waals surface area (Å²) in [5.41, 5.74) is 10.6. The van der Waals surface area contributed by atoms with Crippen LogP contribution in [-0.2, 0) is 0 Å². The number of amidine groups is 1. The molecule has 3 N–H and O–H groups in total. The van der Waals surface area contributed by atoms with E-state index in [0.29, 0.717) is 5.84 Å². The van der Waals surface area contributed by atoms with Gasteiger partial charge >= 0.3 is 0 Å². The van der Waals surface area contributed by atoms with Crippen molar-refractivity contribution in [2.75, 3.05) is 5.43 Å². The van der Waals surface area contributed by atoms with E-state index in [1.54, 1.807) is 0 Å². The SMILES string of the molecule is Cl.N/C(=N\Nc1ccc(Br)cc1)c1ccccc1. The Balaban J connectivity index is 0.00000162. The second kappa shape index (κ2) is 7.03. The third kappa shape index (κ3) is 4.05. The summed E-state index contributed by atoms with van der Waals surface area (Å²) in [4.78, 5) is 0. The van der Waals surface area contributed by atoms with Gasteiger partial charge in [0, 0.05) is 10.0 Å². The van der Waals surface area contributed by atoms with Crippen molar-refractivity contribution in [1.82, 2.24) is 0 Å². The first-order valence-corrected chi connectivity index (χ1v) is 5.95. The van der Waals surface area contributed by atoms with Crippen LogP contribution in [0.15, 0.2) is 64.2 Å². The highest BCUT2D eigenvalue weighted by Gasteiger charge is 1.96. The molecule has 18 heavy (non-hydrogen) atoms. The molecule has 2 rings (SSSR count). The predicted molar refractivity (Wildman–Crippen MR) is 82.2 cm³/mol. The minimum Gasteiger partial charge on any atom is -0.382 e. The number of nitrogens with one attached hydrogen (secondary N) is 1. The Kier molecular flexibility index (Phi) is 5.68. The first-order valence-electron chi connectivity index (χ1n) is 5.16. The Hall–Kier alpha value is -1.52. The lowest BCUT2D eigenvalue weighted by Gasteiger charge is -2.03. The van der Waals surface area contributed by atoms with Gasteiger partial charge < -0.3 is 5.73 Å². The van der Waals surface area contributed by atoms with Crippen molar-refractivity contribution in [2.45, 2.75) is 0 Å². The molecule has 0 amide bonds. The molecule has 0 heterocycles. The maximum absolute atomic E-state index is 5.85. The van der Waals surface area contributed by atoms with Crippen molar-refractivity contribution in [3.63, 3.8) is 0 Å². The minimum absolute atomic E-state index is 0. The normalized spacial score (nSPS) is 10.6. The number of halogens is 2. The van der Waals surface area contributed by atoms with Crippen LogP contribution in [0, 0.1) is 0 Å². The zero-order valence-electron chi connectivity index (χ0n) is 9.51. The number of hydrazone groups is 1. The van der Waals surface area contributed by atoms with Crippen molar-refractivity contribution in [3.05, 3.63) is 64.6 Å². The molecule has 0 spiro atoms. The van der Waals surface area contributed by atoms with E-state index in [2.05, 4.69) is 26.5 Å². The topological polar surface area (TPSA) is 50.4 Å². The molecule has 5 heteroatoms. The summed E-state index contributed by atoms with van der Waals surface area (Å²) in [6, 6.07) is 17.4. The number of rotatable bonds is 3. The van der Waals surface area contributed by atoms with Crippen molar-refractivity contribution >= 4 is 39.9 Å². The molecule has 0 radical (unpaired) electrons. The number of benzene rings is 2. The highest BCUT2D eigenvalue weighted by molar-refractivity contribution is 9.10. The van der Waals surface area contributed by atoms with Crippen LogP contribution in [0.25, 0.3) is 0 Å². The Bertz CT molecular complexity index is 512. The van der Waals surface area contributed by atoms with Gasteiger partial charge in [0.25, 0.3) is 0 Å². The van der Waals surface area contributed by atoms with E-state index < -0.39 is 0 Å². The smallest absolute Gasteiger partial charge is 0.150 e. The molecule has 94 valence electrons. The number of anilines is 1. The third-order valence-electron chi connectivity index (χ3n) is 2.22. The van der Waals surface area contributed by atoms with Crippen LogP contribution >= 0.6 is 28.3 Å². The second-order valence-electron chi connectivity index (χ2n) is 3.48. The molecular formula is C13H13BrClN3. The average Bonchev–Trinajstić information content (AvgIpc) is 2.39. The third-order valence-corrected chi connectivity index (χ3v) is 2.75. The van der Waals surface area contributed by atoms with Crippen molar-refractivity contribution in [1.29, 1.82) is 0 Å². The van der Waals surface area contributed by atoms with E-state index in [1.807, 2.05) is 54.6 Å². The Morgan fingerprint density at radius 2 is 1.61 bits per heavy atom. The molecule has 0 aliphatic rings. The molecular weight excluding hydrogens is 314 g/mol. The maximum atomic E-state index is 5.85. The van der Waals surface area contributed by atoms with Gasteiger partial charge in [-0.1, -0.05) is 46.3 Å². The number of hydrogen-bond acceptors (Lipinski definition) is 2. The van der Waals surface area contributed by atoms with Gasteiger partial charge in [0.1, 0.15) is 0 Å². The van der Waals surface area contributed by atoms with Gasteiger partial charge in [0.05, 0.1) is 5.69 Å². The van der Waals surface area contributed by atoms with Crippen LogP contribution in [-0.4, -0.2) is 5.84 Å². The van der Waals surface area contributed by atoms with E-state index >= 15 is 0 Å². The molecule has 0 saturated heterocycles. The lowest BCUT2D eigenvalue weighted by atomic mass is 10.2. The largest absolute Gasteiger partial charge is 0.382 e. The Morgan fingerprint density at radius 1 is 1.00 bits per heavy atom. The zero-order chi connectivity index (χ0) is 12.1. The average molecular weight is 327 g/mol.